The van der Waals surface area contributed by atoms with Crippen LogP contribution in [0.4, 0.5) is 5.69 Å². The lowest BCUT2D eigenvalue weighted by atomic mass is 9.89. The summed E-state index contributed by atoms with van der Waals surface area (Å²) in [6.45, 7) is 6.26. The maximum absolute atomic E-state index is 12.6. The molecule has 1 amide bonds. The number of benzene rings is 1. The van der Waals surface area contributed by atoms with E-state index in [1.54, 1.807) is 11.3 Å². The van der Waals surface area contributed by atoms with Gasteiger partial charge in [0.1, 0.15) is 4.83 Å². The molecule has 0 bridgehead atoms. The van der Waals surface area contributed by atoms with Crippen molar-refractivity contribution in [2.45, 2.75) is 45.2 Å². The van der Waals surface area contributed by atoms with Gasteiger partial charge >= 0.3 is 0 Å². The number of anilines is 1. The number of carbonyl (C=O) groups excluding carboxylic acids is 1. The molecule has 3 aromatic rings. The minimum absolute atomic E-state index is 0.0886. The lowest BCUT2D eigenvalue weighted by Gasteiger charge is -2.17. The molecule has 5 nitrogen and oxygen atoms in total. The molecule has 28 heavy (non-hydrogen) atoms. The Labute approximate surface area is 172 Å². The van der Waals surface area contributed by atoms with Gasteiger partial charge in [-0.15, -0.1) is 11.3 Å². The van der Waals surface area contributed by atoms with Gasteiger partial charge in [0.05, 0.1) is 11.1 Å². The summed E-state index contributed by atoms with van der Waals surface area (Å²) in [5.74, 6) is 0.739. The van der Waals surface area contributed by atoms with E-state index >= 15 is 0 Å². The molecule has 0 radical (unpaired) electrons. The fourth-order valence-corrected chi connectivity index (χ4v) is 5.88. The Bertz CT molecular complexity index is 1100. The minimum Gasteiger partial charge on any atom is -0.325 e. The Morgan fingerprint density at radius 2 is 2.07 bits per heavy atom. The van der Waals surface area contributed by atoms with Gasteiger partial charge in [0, 0.05) is 10.6 Å². The van der Waals surface area contributed by atoms with Crippen LogP contribution >= 0.6 is 23.1 Å². The molecule has 1 aliphatic rings. The van der Waals surface area contributed by atoms with Crippen LogP contribution in [0, 0.1) is 19.8 Å². The molecular weight excluding hydrogens is 390 g/mol. The smallest absolute Gasteiger partial charge is 0.260 e. The van der Waals surface area contributed by atoms with Crippen molar-refractivity contribution in [1.29, 1.82) is 0 Å². The lowest BCUT2D eigenvalue weighted by Crippen LogP contribution is -2.16. The van der Waals surface area contributed by atoms with Gasteiger partial charge in [0.2, 0.25) is 5.91 Å². The molecular formula is C21H23N3O2S2. The normalized spacial score (nSPS) is 16.2. The summed E-state index contributed by atoms with van der Waals surface area (Å²) in [5, 5.41) is 4.16. The maximum atomic E-state index is 12.6. The molecule has 1 atom stereocenters. The van der Waals surface area contributed by atoms with Gasteiger partial charge < -0.3 is 10.3 Å². The molecule has 0 fully saturated rings. The van der Waals surface area contributed by atoms with E-state index in [4.69, 9.17) is 0 Å². The summed E-state index contributed by atoms with van der Waals surface area (Å²) in [4.78, 5) is 34.5. The van der Waals surface area contributed by atoms with E-state index in [2.05, 4.69) is 28.3 Å². The van der Waals surface area contributed by atoms with Crippen LogP contribution in [0.15, 0.2) is 28.2 Å². The van der Waals surface area contributed by atoms with Gasteiger partial charge in [0.25, 0.3) is 5.56 Å². The number of thiophene rings is 1. The van der Waals surface area contributed by atoms with Crippen LogP contribution in [0.3, 0.4) is 0 Å². The van der Waals surface area contributed by atoms with Crippen molar-refractivity contribution >= 4 is 44.9 Å². The zero-order valence-corrected chi connectivity index (χ0v) is 17.9. The molecule has 2 N–H and O–H groups in total. The third-order valence-corrected chi connectivity index (χ3v) is 7.01. The molecule has 146 valence electrons. The van der Waals surface area contributed by atoms with Crippen molar-refractivity contribution in [2.24, 2.45) is 5.92 Å². The number of hydrogen-bond donors (Lipinski definition) is 2. The lowest BCUT2D eigenvalue weighted by molar-refractivity contribution is -0.113. The number of aromatic nitrogens is 2. The predicted octanol–water partition coefficient (Wildman–Crippen LogP) is 4.46. The molecule has 4 rings (SSSR count). The van der Waals surface area contributed by atoms with E-state index in [-0.39, 0.29) is 17.2 Å². The summed E-state index contributed by atoms with van der Waals surface area (Å²) >= 11 is 2.89. The fourth-order valence-electron chi connectivity index (χ4n) is 3.78. The third-order valence-electron chi connectivity index (χ3n) is 4.99. The third kappa shape index (κ3) is 4.00. The number of rotatable bonds is 4. The van der Waals surface area contributed by atoms with Crippen molar-refractivity contribution in [1.82, 2.24) is 9.97 Å². The van der Waals surface area contributed by atoms with Crippen molar-refractivity contribution in [2.75, 3.05) is 11.1 Å². The average Bonchev–Trinajstić information content (AvgIpc) is 2.96. The monoisotopic (exact) mass is 413 g/mol. The second kappa shape index (κ2) is 7.72. The largest absolute Gasteiger partial charge is 0.325 e. The Kier molecular flexibility index (Phi) is 5.29. The summed E-state index contributed by atoms with van der Waals surface area (Å²) in [5.41, 5.74) is 4.09. The van der Waals surface area contributed by atoms with Crippen LogP contribution in [0.5, 0.6) is 0 Å². The summed E-state index contributed by atoms with van der Waals surface area (Å²) < 4.78 is 0. The standard InChI is InChI=1S/C21H23N3O2S2/c1-11-4-5-15-16(9-11)28-20-18(15)19(26)23-21(24-20)27-10-17(25)22-14-7-12(2)6-13(3)8-14/h6-8,11H,4-5,9-10H2,1-3H3,(H,22,25)(H,23,24,26)/t11-/m0/s1. The summed E-state index contributed by atoms with van der Waals surface area (Å²) in [7, 11) is 0. The average molecular weight is 414 g/mol. The second-order valence-corrected chi connectivity index (χ2v) is 9.66. The van der Waals surface area contributed by atoms with E-state index in [0.717, 1.165) is 46.3 Å². The zero-order chi connectivity index (χ0) is 19.8. The molecule has 0 saturated heterocycles. The first-order valence-electron chi connectivity index (χ1n) is 9.44. The SMILES string of the molecule is Cc1cc(C)cc(NC(=O)CSc2nc3sc4c(c3c(=O)[nH]2)CC[C@H](C)C4)c1. The number of carbonyl (C=O) groups is 1. The number of nitrogens with zero attached hydrogens (tertiary/aromatic N) is 1. The Morgan fingerprint density at radius 3 is 2.82 bits per heavy atom. The number of amides is 1. The van der Waals surface area contributed by atoms with Crippen molar-refractivity contribution in [3.05, 3.63) is 50.1 Å². The molecule has 1 aromatic carbocycles. The molecule has 0 aliphatic heterocycles. The highest BCUT2D eigenvalue weighted by Crippen LogP contribution is 2.36. The first-order chi connectivity index (χ1) is 13.4. The van der Waals surface area contributed by atoms with Crippen molar-refractivity contribution in [3.63, 3.8) is 0 Å². The number of nitrogens with one attached hydrogen (secondary N) is 2. The van der Waals surface area contributed by atoms with Gasteiger partial charge in [-0.1, -0.05) is 24.8 Å². The maximum Gasteiger partial charge on any atom is 0.260 e. The van der Waals surface area contributed by atoms with Crippen LogP contribution in [0.2, 0.25) is 0 Å². The van der Waals surface area contributed by atoms with Crippen LogP contribution in [0.25, 0.3) is 10.2 Å². The number of thioether (sulfide) groups is 1. The van der Waals surface area contributed by atoms with Crippen LogP contribution < -0.4 is 10.9 Å². The Morgan fingerprint density at radius 1 is 1.32 bits per heavy atom. The Hall–Kier alpha value is -2.12. The van der Waals surface area contributed by atoms with Gasteiger partial charge in [-0.3, -0.25) is 9.59 Å². The molecule has 1 aliphatic carbocycles. The van der Waals surface area contributed by atoms with Gasteiger partial charge in [-0.25, -0.2) is 4.98 Å². The summed E-state index contributed by atoms with van der Waals surface area (Å²) in [6, 6.07) is 5.95. The highest BCUT2D eigenvalue weighted by atomic mass is 32.2. The molecule has 2 aromatic heterocycles. The van der Waals surface area contributed by atoms with E-state index in [1.807, 2.05) is 26.0 Å². The first-order valence-corrected chi connectivity index (χ1v) is 11.2. The number of aromatic amines is 1. The number of fused-ring (bicyclic) bond motifs is 3. The second-order valence-electron chi connectivity index (χ2n) is 7.62. The highest BCUT2D eigenvalue weighted by molar-refractivity contribution is 7.99. The van der Waals surface area contributed by atoms with Gasteiger partial charge in [0.15, 0.2) is 5.16 Å². The van der Waals surface area contributed by atoms with Gasteiger partial charge in [-0.2, -0.15) is 0 Å². The molecule has 2 heterocycles. The molecule has 0 spiro atoms. The van der Waals surface area contributed by atoms with Crippen LogP contribution in [0.1, 0.15) is 34.9 Å². The number of H-pyrrole nitrogens is 1. The van der Waals surface area contributed by atoms with Crippen molar-refractivity contribution in [3.8, 4) is 0 Å². The molecule has 0 unspecified atom stereocenters. The molecule has 7 heteroatoms. The number of hydrogen-bond acceptors (Lipinski definition) is 5. The zero-order valence-electron chi connectivity index (χ0n) is 16.2. The first kappa shape index (κ1) is 19.2. The summed E-state index contributed by atoms with van der Waals surface area (Å²) in [6.07, 6.45) is 3.09. The fraction of sp³-hybridized carbons (Fsp3) is 0.381. The quantitative estimate of drug-likeness (QED) is 0.489. The van der Waals surface area contributed by atoms with E-state index in [0.29, 0.717) is 11.1 Å². The highest BCUT2D eigenvalue weighted by Gasteiger charge is 2.23. The van der Waals surface area contributed by atoms with E-state index < -0.39 is 0 Å². The van der Waals surface area contributed by atoms with E-state index in [9.17, 15) is 9.59 Å². The van der Waals surface area contributed by atoms with Gasteiger partial charge in [-0.05, 0) is 67.9 Å². The van der Waals surface area contributed by atoms with Crippen LogP contribution in [-0.4, -0.2) is 21.6 Å². The van der Waals surface area contributed by atoms with Crippen molar-refractivity contribution < 1.29 is 4.79 Å². The molecule has 0 saturated carbocycles. The Balaban J connectivity index is 1.49. The predicted molar refractivity (Wildman–Crippen MR) is 117 cm³/mol. The number of aryl methyl sites for hydroxylation is 3. The topological polar surface area (TPSA) is 74.8 Å². The van der Waals surface area contributed by atoms with Crippen LogP contribution in [-0.2, 0) is 17.6 Å². The van der Waals surface area contributed by atoms with E-state index in [1.165, 1.54) is 22.2 Å². The minimum atomic E-state index is -0.114.